The van der Waals surface area contributed by atoms with Crippen molar-refractivity contribution in [2.75, 3.05) is 0 Å². The van der Waals surface area contributed by atoms with E-state index in [1.165, 1.54) is 6.92 Å². The summed E-state index contributed by atoms with van der Waals surface area (Å²) >= 11 is 0. The van der Waals surface area contributed by atoms with E-state index in [0.29, 0.717) is 5.56 Å². The summed E-state index contributed by atoms with van der Waals surface area (Å²) in [7, 11) is 0. The molecule has 0 spiro atoms. The number of amides is 1. The van der Waals surface area contributed by atoms with Crippen LogP contribution in [0.3, 0.4) is 0 Å². The molecule has 0 radical (unpaired) electrons. The van der Waals surface area contributed by atoms with Gasteiger partial charge in [-0.3, -0.25) is 4.79 Å². The topological polar surface area (TPSA) is 92.4 Å². The van der Waals surface area contributed by atoms with Gasteiger partial charge >= 0.3 is 5.97 Å². The summed E-state index contributed by atoms with van der Waals surface area (Å²) in [6, 6.07) is 8.68. The molecule has 1 fully saturated rings. The van der Waals surface area contributed by atoms with Gasteiger partial charge in [-0.25, -0.2) is 4.79 Å². The van der Waals surface area contributed by atoms with Gasteiger partial charge in [-0.05, 0) is 31.7 Å². The molecule has 0 aromatic heterocycles. The summed E-state index contributed by atoms with van der Waals surface area (Å²) in [6.45, 7) is 1.49. The Bertz CT molecular complexity index is 511. The van der Waals surface area contributed by atoms with Gasteiger partial charge < -0.3 is 16.2 Å². The number of carbonyl (C=O) groups excluding carboxylic acids is 1. The van der Waals surface area contributed by atoms with Crippen LogP contribution in [0.15, 0.2) is 30.3 Å². The van der Waals surface area contributed by atoms with Crippen molar-refractivity contribution in [3.63, 3.8) is 0 Å². The van der Waals surface area contributed by atoms with Gasteiger partial charge in [0.15, 0.2) is 5.54 Å². The second-order valence-electron chi connectivity index (χ2n) is 5.74. The van der Waals surface area contributed by atoms with Crippen molar-refractivity contribution in [3.8, 4) is 0 Å². The Kier molecular flexibility index (Phi) is 3.81. The molecule has 1 aromatic carbocycles. The highest BCUT2D eigenvalue weighted by Gasteiger charge is 2.40. The van der Waals surface area contributed by atoms with E-state index in [9.17, 15) is 14.7 Å². The second kappa shape index (κ2) is 5.25. The average Bonchev–Trinajstić information content (AvgIpc) is 2.37. The van der Waals surface area contributed by atoms with E-state index in [-0.39, 0.29) is 12.3 Å². The third-order valence-electron chi connectivity index (χ3n) is 4.03. The lowest BCUT2D eigenvalue weighted by Crippen LogP contribution is -2.55. The Hall–Kier alpha value is -1.88. The normalized spacial score (nSPS) is 19.5. The van der Waals surface area contributed by atoms with Crippen LogP contribution in [0.25, 0.3) is 0 Å². The first kappa shape index (κ1) is 14.5. The zero-order valence-electron chi connectivity index (χ0n) is 11.6. The van der Waals surface area contributed by atoms with Gasteiger partial charge in [0.25, 0.3) is 0 Å². The van der Waals surface area contributed by atoms with Crippen LogP contribution >= 0.6 is 0 Å². The molecule has 1 aliphatic carbocycles. The van der Waals surface area contributed by atoms with E-state index >= 15 is 0 Å². The number of hydrogen-bond donors (Lipinski definition) is 3. The molecule has 1 atom stereocenters. The smallest absolute Gasteiger partial charge is 0.333 e. The molecule has 5 heteroatoms. The number of hydrogen-bond acceptors (Lipinski definition) is 3. The van der Waals surface area contributed by atoms with Crippen molar-refractivity contribution >= 4 is 11.9 Å². The number of carboxylic acids is 1. The largest absolute Gasteiger partial charge is 0.479 e. The van der Waals surface area contributed by atoms with Crippen molar-refractivity contribution in [2.24, 2.45) is 5.73 Å². The summed E-state index contributed by atoms with van der Waals surface area (Å²) in [4.78, 5) is 23.7. The van der Waals surface area contributed by atoms with Gasteiger partial charge in [-0.2, -0.15) is 0 Å². The molecule has 0 aliphatic heterocycles. The minimum atomic E-state index is -1.43. The van der Waals surface area contributed by atoms with Gasteiger partial charge in [0.2, 0.25) is 5.91 Å². The van der Waals surface area contributed by atoms with E-state index in [1.807, 2.05) is 0 Å². The van der Waals surface area contributed by atoms with Crippen LogP contribution in [0, 0.1) is 0 Å². The van der Waals surface area contributed by atoms with Gasteiger partial charge in [-0.15, -0.1) is 0 Å². The number of benzene rings is 1. The summed E-state index contributed by atoms with van der Waals surface area (Å²) in [5.74, 6) is -1.40. The summed E-state index contributed by atoms with van der Waals surface area (Å²) in [5.41, 5.74) is 4.68. The summed E-state index contributed by atoms with van der Waals surface area (Å²) in [6.07, 6.45) is 2.83. The van der Waals surface area contributed by atoms with Crippen molar-refractivity contribution in [3.05, 3.63) is 35.9 Å². The molecule has 0 heterocycles. The number of carboxylic acid groups (broad SMARTS) is 1. The minimum absolute atomic E-state index is 0.169. The Morgan fingerprint density at radius 3 is 2.40 bits per heavy atom. The molecule has 20 heavy (non-hydrogen) atoms. The van der Waals surface area contributed by atoms with Crippen LogP contribution < -0.4 is 11.1 Å². The Balaban J connectivity index is 2.13. The lowest BCUT2D eigenvalue weighted by molar-refractivity contribution is -0.147. The van der Waals surface area contributed by atoms with E-state index in [1.54, 1.807) is 30.3 Å². The quantitative estimate of drug-likeness (QED) is 0.757. The molecule has 1 aliphatic rings. The third kappa shape index (κ3) is 2.82. The van der Waals surface area contributed by atoms with Crippen LogP contribution in [0.4, 0.5) is 0 Å². The maximum absolute atomic E-state index is 12.1. The van der Waals surface area contributed by atoms with Crippen molar-refractivity contribution in [1.29, 1.82) is 0 Å². The zero-order valence-corrected chi connectivity index (χ0v) is 11.6. The number of carbonyl (C=O) groups is 2. The maximum atomic E-state index is 12.1. The number of rotatable bonds is 5. The first-order chi connectivity index (χ1) is 9.36. The summed E-state index contributed by atoms with van der Waals surface area (Å²) in [5, 5.41) is 12.1. The number of nitrogens with two attached hydrogens (primary N) is 1. The number of nitrogens with one attached hydrogen (secondary N) is 1. The van der Waals surface area contributed by atoms with E-state index in [0.717, 1.165) is 19.3 Å². The highest BCUT2D eigenvalue weighted by atomic mass is 16.4. The lowest BCUT2D eigenvalue weighted by atomic mass is 9.75. The molecule has 0 saturated heterocycles. The molecule has 108 valence electrons. The molecular formula is C15H20N2O3. The predicted octanol–water partition coefficient (Wildman–Crippen LogP) is 1.37. The number of aliphatic carboxylic acids is 1. The zero-order chi connectivity index (χ0) is 14.8. The van der Waals surface area contributed by atoms with Gasteiger partial charge in [0, 0.05) is 12.0 Å². The minimum Gasteiger partial charge on any atom is -0.479 e. The Morgan fingerprint density at radius 1 is 1.35 bits per heavy atom. The van der Waals surface area contributed by atoms with Crippen LogP contribution in [-0.4, -0.2) is 22.5 Å². The van der Waals surface area contributed by atoms with E-state index in [4.69, 9.17) is 5.73 Å². The SMILES string of the molecule is CC(NC(=O)CC1(N)CCC1)(C(=O)O)c1ccccc1. The van der Waals surface area contributed by atoms with E-state index in [2.05, 4.69) is 5.32 Å². The fraction of sp³-hybridized carbons (Fsp3) is 0.467. The molecule has 4 N–H and O–H groups in total. The van der Waals surface area contributed by atoms with E-state index < -0.39 is 17.0 Å². The van der Waals surface area contributed by atoms with Gasteiger partial charge in [0.05, 0.1) is 0 Å². The lowest BCUT2D eigenvalue weighted by Gasteiger charge is -2.38. The Morgan fingerprint density at radius 2 is 1.95 bits per heavy atom. The monoisotopic (exact) mass is 276 g/mol. The highest BCUT2D eigenvalue weighted by Crippen LogP contribution is 2.32. The molecule has 1 unspecified atom stereocenters. The second-order valence-corrected chi connectivity index (χ2v) is 5.74. The van der Waals surface area contributed by atoms with Crippen LogP contribution in [0.5, 0.6) is 0 Å². The fourth-order valence-corrected chi connectivity index (χ4v) is 2.47. The molecule has 1 amide bonds. The maximum Gasteiger partial charge on any atom is 0.333 e. The first-order valence-corrected chi connectivity index (χ1v) is 6.75. The first-order valence-electron chi connectivity index (χ1n) is 6.75. The van der Waals surface area contributed by atoms with Crippen molar-refractivity contribution < 1.29 is 14.7 Å². The highest BCUT2D eigenvalue weighted by molar-refractivity contribution is 5.88. The summed E-state index contributed by atoms with van der Waals surface area (Å²) < 4.78 is 0. The third-order valence-corrected chi connectivity index (χ3v) is 4.03. The predicted molar refractivity (Wildman–Crippen MR) is 75.0 cm³/mol. The Labute approximate surface area is 118 Å². The molecular weight excluding hydrogens is 256 g/mol. The van der Waals surface area contributed by atoms with Gasteiger partial charge in [-0.1, -0.05) is 30.3 Å². The van der Waals surface area contributed by atoms with Crippen molar-refractivity contribution in [1.82, 2.24) is 5.32 Å². The average molecular weight is 276 g/mol. The molecule has 5 nitrogen and oxygen atoms in total. The fourth-order valence-electron chi connectivity index (χ4n) is 2.47. The van der Waals surface area contributed by atoms with Crippen LogP contribution in [0.1, 0.15) is 38.2 Å². The van der Waals surface area contributed by atoms with Gasteiger partial charge in [0.1, 0.15) is 0 Å². The van der Waals surface area contributed by atoms with Crippen molar-refractivity contribution in [2.45, 2.75) is 43.7 Å². The molecule has 1 aromatic rings. The van der Waals surface area contributed by atoms with Crippen LogP contribution in [-0.2, 0) is 15.1 Å². The standard InChI is InChI=1S/C15H20N2O3/c1-14(13(19)20,11-6-3-2-4-7-11)17-12(18)10-15(16)8-5-9-15/h2-4,6-7H,5,8-10,16H2,1H3,(H,17,18)(H,19,20). The molecule has 2 rings (SSSR count). The molecule has 0 bridgehead atoms. The van der Waals surface area contributed by atoms with Crippen LogP contribution in [0.2, 0.25) is 0 Å². The molecule has 1 saturated carbocycles.